The van der Waals surface area contributed by atoms with Gasteiger partial charge in [0.05, 0.1) is 0 Å². The van der Waals surface area contributed by atoms with Crippen LogP contribution in [0.5, 0.6) is 0 Å². The van der Waals surface area contributed by atoms with Gasteiger partial charge in [0.15, 0.2) is 0 Å². The van der Waals surface area contributed by atoms with Crippen molar-refractivity contribution in [1.29, 1.82) is 0 Å². The van der Waals surface area contributed by atoms with E-state index >= 15 is 0 Å². The monoisotopic (exact) mass is 512 g/mol. The number of esters is 1. The van der Waals surface area contributed by atoms with E-state index in [1.807, 2.05) is 6.92 Å². The summed E-state index contributed by atoms with van der Waals surface area (Å²) in [4.78, 5) is 12.1. The summed E-state index contributed by atoms with van der Waals surface area (Å²) in [5.41, 5.74) is 0. The van der Waals surface area contributed by atoms with Gasteiger partial charge in [0.25, 0.3) is 0 Å². The standard InChI is InChI=1S/C28H48O3Se/c1-4-7-8-9-11-17-22-26(30-5-2)27(32-25-20-15-14-16-21-25)23-18-12-10-13-19-24-28(29)31-6-3/h14-16,20-21,26-27H,4-13,17-19,22-24H2,1-3H3. The summed E-state index contributed by atoms with van der Waals surface area (Å²) in [6.07, 6.45) is 17.3. The molecule has 1 aromatic carbocycles. The van der Waals surface area contributed by atoms with Crippen LogP contribution in [0.3, 0.4) is 0 Å². The second-order valence-electron chi connectivity index (χ2n) is 8.63. The molecule has 1 aromatic rings. The van der Waals surface area contributed by atoms with E-state index in [1.54, 1.807) is 0 Å². The van der Waals surface area contributed by atoms with E-state index < -0.39 is 0 Å². The number of carbonyl (C=O) groups is 1. The summed E-state index contributed by atoms with van der Waals surface area (Å²) in [6.45, 7) is 7.60. The van der Waals surface area contributed by atoms with Gasteiger partial charge in [-0.2, -0.15) is 0 Å². The number of unbranched alkanes of at least 4 members (excludes halogenated alkanes) is 9. The van der Waals surface area contributed by atoms with Crippen LogP contribution in [0.4, 0.5) is 0 Å². The van der Waals surface area contributed by atoms with Crippen molar-refractivity contribution in [1.82, 2.24) is 0 Å². The Morgan fingerprint density at radius 2 is 1.41 bits per heavy atom. The van der Waals surface area contributed by atoms with E-state index in [0.29, 0.717) is 38.9 Å². The third-order valence-electron chi connectivity index (χ3n) is 5.84. The topological polar surface area (TPSA) is 35.5 Å². The summed E-state index contributed by atoms with van der Waals surface area (Å²) in [7, 11) is 0. The molecule has 0 bridgehead atoms. The van der Waals surface area contributed by atoms with Gasteiger partial charge < -0.3 is 0 Å². The number of ether oxygens (including phenoxy) is 2. The number of carbonyl (C=O) groups excluding carboxylic acids is 1. The van der Waals surface area contributed by atoms with Crippen molar-refractivity contribution in [2.24, 2.45) is 0 Å². The number of rotatable bonds is 21. The fourth-order valence-electron chi connectivity index (χ4n) is 4.09. The molecule has 3 nitrogen and oxygen atoms in total. The summed E-state index contributed by atoms with van der Waals surface area (Å²) in [6, 6.07) is 11.0. The molecule has 0 heterocycles. The zero-order valence-electron chi connectivity index (χ0n) is 21.0. The van der Waals surface area contributed by atoms with Crippen molar-refractivity contribution in [3.8, 4) is 0 Å². The zero-order valence-corrected chi connectivity index (χ0v) is 22.7. The average molecular weight is 512 g/mol. The fourth-order valence-corrected chi connectivity index (χ4v) is 6.85. The van der Waals surface area contributed by atoms with Crippen LogP contribution < -0.4 is 4.46 Å². The first-order valence-corrected chi connectivity index (χ1v) is 15.0. The predicted octanol–water partition coefficient (Wildman–Crippen LogP) is 7.25. The molecule has 0 radical (unpaired) electrons. The van der Waals surface area contributed by atoms with Crippen LogP contribution in [0.25, 0.3) is 0 Å². The van der Waals surface area contributed by atoms with E-state index in [9.17, 15) is 4.79 Å². The van der Waals surface area contributed by atoms with Gasteiger partial charge >= 0.3 is 205 Å². The van der Waals surface area contributed by atoms with Crippen molar-refractivity contribution in [2.75, 3.05) is 13.2 Å². The summed E-state index contributed by atoms with van der Waals surface area (Å²) in [5, 5.41) is 0. The Balaban J connectivity index is 2.46. The molecule has 0 saturated heterocycles. The Morgan fingerprint density at radius 3 is 2.06 bits per heavy atom. The Morgan fingerprint density at radius 1 is 0.781 bits per heavy atom. The Bertz CT molecular complexity index is 549. The molecule has 0 spiro atoms. The van der Waals surface area contributed by atoms with Gasteiger partial charge in [0.1, 0.15) is 0 Å². The van der Waals surface area contributed by atoms with Crippen LogP contribution in [0.2, 0.25) is 4.82 Å². The molecule has 0 saturated carbocycles. The van der Waals surface area contributed by atoms with Gasteiger partial charge in [-0.05, 0) is 0 Å². The molecule has 4 heteroatoms. The van der Waals surface area contributed by atoms with Crippen LogP contribution in [-0.2, 0) is 14.3 Å². The molecule has 0 aliphatic rings. The maximum atomic E-state index is 11.5. The van der Waals surface area contributed by atoms with E-state index in [0.717, 1.165) is 19.4 Å². The SMILES string of the molecule is CCCCCCCCC(OCC)C(CCCCCCCC(=O)OCC)[Se]c1ccccc1. The quantitative estimate of drug-likeness (QED) is 0.0990. The molecule has 0 amide bonds. The van der Waals surface area contributed by atoms with E-state index in [-0.39, 0.29) is 5.97 Å². The molecular formula is C28H48O3Se. The van der Waals surface area contributed by atoms with Crippen molar-refractivity contribution >= 4 is 25.4 Å². The Kier molecular flexibility index (Phi) is 18.9. The van der Waals surface area contributed by atoms with E-state index in [4.69, 9.17) is 9.47 Å². The minimum absolute atomic E-state index is 0.0487. The first-order valence-electron chi connectivity index (χ1n) is 13.2. The summed E-state index contributed by atoms with van der Waals surface area (Å²) in [5.74, 6) is -0.0487. The van der Waals surface area contributed by atoms with Gasteiger partial charge in [-0.3, -0.25) is 0 Å². The molecule has 184 valence electrons. The van der Waals surface area contributed by atoms with Crippen LogP contribution in [0.15, 0.2) is 30.3 Å². The number of benzene rings is 1. The number of hydrogen-bond acceptors (Lipinski definition) is 3. The number of hydrogen-bond donors (Lipinski definition) is 0. The molecule has 32 heavy (non-hydrogen) atoms. The normalized spacial score (nSPS) is 13.1. The Labute approximate surface area is 204 Å². The third-order valence-corrected chi connectivity index (χ3v) is 8.75. The van der Waals surface area contributed by atoms with Gasteiger partial charge in [0, 0.05) is 0 Å². The second kappa shape index (κ2) is 20.8. The minimum atomic E-state index is -0.0487. The van der Waals surface area contributed by atoms with Gasteiger partial charge in [-0.25, -0.2) is 0 Å². The fraction of sp³-hybridized carbons (Fsp3) is 0.750. The molecule has 0 aliphatic heterocycles. The van der Waals surface area contributed by atoms with E-state index in [2.05, 4.69) is 44.2 Å². The van der Waals surface area contributed by atoms with Crippen molar-refractivity contribution < 1.29 is 14.3 Å². The van der Waals surface area contributed by atoms with E-state index in [1.165, 1.54) is 75.1 Å². The van der Waals surface area contributed by atoms with Crippen molar-refractivity contribution in [3.63, 3.8) is 0 Å². The second-order valence-corrected chi connectivity index (χ2v) is 11.4. The van der Waals surface area contributed by atoms with Crippen LogP contribution in [0, 0.1) is 0 Å². The zero-order chi connectivity index (χ0) is 23.3. The third kappa shape index (κ3) is 15.1. The molecule has 1 rings (SSSR count). The van der Waals surface area contributed by atoms with Crippen molar-refractivity contribution in [2.45, 2.75) is 122 Å². The molecule has 2 unspecified atom stereocenters. The molecule has 0 aromatic heterocycles. The van der Waals surface area contributed by atoms with Crippen molar-refractivity contribution in [3.05, 3.63) is 30.3 Å². The van der Waals surface area contributed by atoms with Gasteiger partial charge in [-0.15, -0.1) is 0 Å². The van der Waals surface area contributed by atoms with Crippen LogP contribution in [-0.4, -0.2) is 40.2 Å². The first-order chi connectivity index (χ1) is 15.7. The van der Waals surface area contributed by atoms with Crippen LogP contribution in [0.1, 0.15) is 111 Å². The molecular weight excluding hydrogens is 463 g/mol. The average Bonchev–Trinajstić information content (AvgIpc) is 2.80. The molecule has 0 aliphatic carbocycles. The first kappa shape index (κ1) is 29.2. The molecule has 2 atom stereocenters. The van der Waals surface area contributed by atoms with Gasteiger partial charge in [0.2, 0.25) is 0 Å². The summed E-state index contributed by atoms with van der Waals surface area (Å²) < 4.78 is 12.8. The predicted molar refractivity (Wildman–Crippen MR) is 138 cm³/mol. The maximum absolute atomic E-state index is 11.5. The summed E-state index contributed by atoms with van der Waals surface area (Å²) >= 11 is 0.452. The van der Waals surface area contributed by atoms with Gasteiger partial charge in [-0.1, -0.05) is 0 Å². The molecule has 0 fully saturated rings. The van der Waals surface area contributed by atoms with Crippen LogP contribution >= 0.6 is 0 Å². The molecule has 0 N–H and O–H groups in total. The Hall–Kier alpha value is -0.831.